The van der Waals surface area contributed by atoms with Gasteiger partial charge in [0.2, 0.25) is 5.91 Å². The highest BCUT2D eigenvalue weighted by Gasteiger charge is 2.48. The van der Waals surface area contributed by atoms with Crippen molar-refractivity contribution < 1.29 is 4.79 Å². The zero-order valence-electron chi connectivity index (χ0n) is 15.5. The lowest BCUT2D eigenvalue weighted by Crippen LogP contribution is -2.34. The Morgan fingerprint density at radius 1 is 1.17 bits per heavy atom. The molecule has 1 aromatic rings. The zero-order valence-corrected chi connectivity index (χ0v) is 15.5. The van der Waals surface area contributed by atoms with Gasteiger partial charge in [0.1, 0.15) is 0 Å². The fourth-order valence-corrected chi connectivity index (χ4v) is 4.50. The van der Waals surface area contributed by atoms with Crippen molar-refractivity contribution in [1.29, 1.82) is 0 Å². The largest absolute Gasteiger partial charge is 0.335 e. The maximum atomic E-state index is 12.2. The van der Waals surface area contributed by atoms with Crippen LogP contribution in [0.3, 0.4) is 0 Å². The third-order valence-corrected chi connectivity index (χ3v) is 5.65. The van der Waals surface area contributed by atoms with Crippen LogP contribution < -0.4 is 0 Å². The van der Waals surface area contributed by atoms with E-state index in [0.29, 0.717) is 11.8 Å². The fraction of sp³-hybridized carbons (Fsp3) is 0.571. The Labute approximate surface area is 146 Å². The van der Waals surface area contributed by atoms with E-state index >= 15 is 0 Å². The zero-order chi connectivity index (χ0) is 17.3. The lowest BCUT2D eigenvalue weighted by atomic mass is 9.87. The van der Waals surface area contributed by atoms with E-state index in [2.05, 4.69) is 60.9 Å². The molecule has 1 amide bonds. The minimum absolute atomic E-state index is 0.216. The van der Waals surface area contributed by atoms with Crippen molar-refractivity contribution in [2.75, 3.05) is 26.2 Å². The first kappa shape index (κ1) is 17.2. The third kappa shape index (κ3) is 3.41. The first-order chi connectivity index (χ1) is 11.5. The van der Waals surface area contributed by atoms with Gasteiger partial charge in [0.15, 0.2) is 0 Å². The molecule has 130 valence electrons. The van der Waals surface area contributed by atoms with Gasteiger partial charge < -0.3 is 9.80 Å². The second kappa shape index (κ2) is 7.10. The predicted octanol–water partition coefficient (Wildman–Crippen LogP) is 3.80. The summed E-state index contributed by atoms with van der Waals surface area (Å²) in [5.41, 5.74) is 4.04. The number of hydrogen-bond donors (Lipinski definition) is 0. The van der Waals surface area contributed by atoms with Gasteiger partial charge in [0.25, 0.3) is 0 Å². The fourth-order valence-electron chi connectivity index (χ4n) is 4.50. The normalized spacial score (nSPS) is 26.5. The molecule has 2 fully saturated rings. The SMILES string of the molecule is CC(=O)N1C[C@H]2CN(CCC=C(C)C)C[C@H]2[C@@H]1c1ccccc1C. The number of rotatable bonds is 4. The van der Waals surface area contributed by atoms with Gasteiger partial charge in [-0.2, -0.15) is 0 Å². The molecule has 0 N–H and O–H groups in total. The van der Waals surface area contributed by atoms with Gasteiger partial charge in [0, 0.05) is 39.0 Å². The predicted molar refractivity (Wildman–Crippen MR) is 98.8 cm³/mol. The van der Waals surface area contributed by atoms with Crippen LogP contribution >= 0.6 is 0 Å². The lowest BCUT2D eigenvalue weighted by molar-refractivity contribution is -0.130. The molecule has 0 radical (unpaired) electrons. The number of likely N-dealkylation sites (tertiary alicyclic amines) is 2. The molecule has 0 bridgehead atoms. The molecule has 2 aliphatic heterocycles. The van der Waals surface area contributed by atoms with Gasteiger partial charge in [-0.25, -0.2) is 0 Å². The molecule has 24 heavy (non-hydrogen) atoms. The molecule has 3 nitrogen and oxygen atoms in total. The number of benzene rings is 1. The van der Waals surface area contributed by atoms with Crippen LogP contribution in [0.4, 0.5) is 0 Å². The van der Waals surface area contributed by atoms with E-state index in [9.17, 15) is 4.79 Å². The highest BCUT2D eigenvalue weighted by Crippen LogP contribution is 2.45. The van der Waals surface area contributed by atoms with Crippen molar-refractivity contribution in [2.45, 2.75) is 40.2 Å². The number of hydrogen-bond acceptors (Lipinski definition) is 2. The van der Waals surface area contributed by atoms with E-state index in [1.807, 2.05) is 0 Å². The Hall–Kier alpha value is -1.61. The minimum atomic E-state index is 0.216. The first-order valence-electron chi connectivity index (χ1n) is 9.16. The van der Waals surface area contributed by atoms with Crippen LogP contribution in [0.15, 0.2) is 35.9 Å². The Kier molecular flexibility index (Phi) is 5.09. The van der Waals surface area contributed by atoms with Gasteiger partial charge >= 0.3 is 0 Å². The van der Waals surface area contributed by atoms with Crippen LogP contribution in [-0.2, 0) is 4.79 Å². The second-order valence-corrected chi connectivity index (χ2v) is 7.73. The molecule has 2 saturated heterocycles. The van der Waals surface area contributed by atoms with Gasteiger partial charge in [-0.1, -0.05) is 35.9 Å². The van der Waals surface area contributed by atoms with Crippen molar-refractivity contribution in [2.24, 2.45) is 11.8 Å². The molecule has 3 atom stereocenters. The van der Waals surface area contributed by atoms with E-state index < -0.39 is 0 Å². The Morgan fingerprint density at radius 2 is 1.92 bits per heavy atom. The molecule has 0 saturated carbocycles. The molecule has 0 unspecified atom stereocenters. The summed E-state index contributed by atoms with van der Waals surface area (Å²) in [5.74, 6) is 1.40. The molecule has 3 rings (SSSR count). The van der Waals surface area contributed by atoms with Crippen molar-refractivity contribution in [3.05, 3.63) is 47.0 Å². The molecule has 0 aliphatic carbocycles. The van der Waals surface area contributed by atoms with E-state index in [4.69, 9.17) is 0 Å². The Balaban J connectivity index is 1.77. The van der Waals surface area contributed by atoms with E-state index in [1.165, 1.54) is 16.7 Å². The third-order valence-electron chi connectivity index (χ3n) is 5.65. The second-order valence-electron chi connectivity index (χ2n) is 7.73. The van der Waals surface area contributed by atoms with Crippen LogP contribution in [0, 0.1) is 18.8 Å². The highest BCUT2D eigenvalue weighted by molar-refractivity contribution is 5.74. The summed E-state index contributed by atoms with van der Waals surface area (Å²) < 4.78 is 0. The number of amides is 1. The average molecular weight is 326 g/mol. The Bertz CT molecular complexity index is 632. The van der Waals surface area contributed by atoms with E-state index in [1.54, 1.807) is 6.92 Å². The van der Waals surface area contributed by atoms with Gasteiger partial charge in [-0.3, -0.25) is 4.79 Å². The highest BCUT2D eigenvalue weighted by atomic mass is 16.2. The van der Waals surface area contributed by atoms with Crippen molar-refractivity contribution in [3.63, 3.8) is 0 Å². The number of fused-ring (bicyclic) bond motifs is 1. The van der Waals surface area contributed by atoms with Crippen LogP contribution in [0.5, 0.6) is 0 Å². The maximum Gasteiger partial charge on any atom is 0.219 e. The number of aryl methyl sites for hydroxylation is 1. The van der Waals surface area contributed by atoms with E-state index in [-0.39, 0.29) is 11.9 Å². The molecular weight excluding hydrogens is 296 g/mol. The smallest absolute Gasteiger partial charge is 0.219 e. The summed E-state index contributed by atoms with van der Waals surface area (Å²) >= 11 is 0. The minimum Gasteiger partial charge on any atom is -0.335 e. The number of allylic oxidation sites excluding steroid dienone is 1. The first-order valence-corrected chi connectivity index (χ1v) is 9.16. The molecule has 0 spiro atoms. The van der Waals surface area contributed by atoms with Crippen LogP contribution in [-0.4, -0.2) is 41.9 Å². The van der Waals surface area contributed by atoms with Crippen LogP contribution in [0.25, 0.3) is 0 Å². The standard InChI is InChI=1S/C21H30N2O/c1-15(2)8-7-11-22-12-18-13-23(17(4)24)21(20(18)14-22)19-10-6-5-9-16(19)3/h5-6,8-10,18,20-21H,7,11-14H2,1-4H3/t18-,20-,21+/m1/s1. The van der Waals surface area contributed by atoms with Crippen molar-refractivity contribution in [1.82, 2.24) is 9.80 Å². The summed E-state index contributed by atoms with van der Waals surface area (Å²) in [4.78, 5) is 16.9. The Morgan fingerprint density at radius 3 is 2.58 bits per heavy atom. The van der Waals surface area contributed by atoms with Crippen molar-refractivity contribution >= 4 is 5.91 Å². The van der Waals surface area contributed by atoms with Crippen LogP contribution in [0.2, 0.25) is 0 Å². The summed E-state index contributed by atoms with van der Waals surface area (Å²) in [6, 6.07) is 8.83. The maximum absolute atomic E-state index is 12.2. The van der Waals surface area contributed by atoms with Crippen LogP contribution in [0.1, 0.15) is 44.4 Å². The summed E-state index contributed by atoms with van der Waals surface area (Å²) in [6.45, 7) is 12.5. The molecule has 0 aromatic heterocycles. The summed E-state index contributed by atoms with van der Waals surface area (Å²) in [5, 5.41) is 0. The molecule has 3 heteroatoms. The van der Waals surface area contributed by atoms with Gasteiger partial charge in [-0.15, -0.1) is 0 Å². The molecular formula is C21H30N2O. The topological polar surface area (TPSA) is 23.6 Å². The van der Waals surface area contributed by atoms with Gasteiger partial charge in [0.05, 0.1) is 6.04 Å². The van der Waals surface area contributed by atoms with Crippen molar-refractivity contribution in [3.8, 4) is 0 Å². The average Bonchev–Trinajstić information content (AvgIpc) is 3.05. The lowest BCUT2D eigenvalue weighted by Gasteiger charge is -2.30. The van der Waals surface area contributed by atoms with Gasteiger partial charge in [-0.05, 0) is 44.2 Å². The number of carbonyl (C=O) groups is 1. The number of nitrogens with zero attached hydrogens (tertiary/aromatic N) is 2. The summed E-state index contributed by atoms with van der Waals surface area (Å²) in [7, 11) is 0. The molecule has 1 aromatic carbocycles. The molecule has 2 aliphatic rings. The number of carbonyl (C=O) groups excluding carboxylic acids is 1. The quantitative estimate of drug-likeness (QED) is 0.786. The summed E-state index contributed by atoms with van der Waals surface area (Å²) in [6.07, 6.45) is 3.46. The van der Waals surface area contributed by atoms with E-state index in [0.717, 1.165) is 32.6 Å². The monoisotopic (exact) mass is 326 g/mol. The molecule has 2 heterocycles.